The number of fused-ring (bicyclic) bond motifs is 5. The van der Waals surface area contributed by atoms with E-state index in [0.29, 0.717) is 24.0 Å². The second kappa shape index (κ2) is 5.49. The van der Waals surface area contributed by atoms with Crippen molar-refractivity contribution in [2.75, 3.05) is 0 Å². The number of rotatable bonds is 2. The Bertz CT molecular complexity index is 715. The maximum atomic E-state index is 12.2. The van der Waals surface area contributed by atoms with E-state index in [0.717, 1.165) is 38.5 Å². The minimum absolute atomic E-state index is 0.00487. The summed E-state index contributed by atoms with van der Waals surface area (Å²) in [6, 6.07) is 0. The van der Waals surface area contributed by atoms with Gasteiger partial charge in [0.1, 0.15) is 0 Å². The molecule has 0 spiro atoms. The van der Waals surface area contributed by atoms with Gasteiger partial charge in [0.15, 0.2) is 17.9 Å². The zero-order chi connectivity index (χ0) is 18.0. The Hall–Kier alpha value is -1.51. The van der Waals surface area contributed by atoms with Crippen molar-refractivity contribution < 1.29 is 14.4 Å². The van der Waals surface area contributed by atoms with Crippen molar-refractivity contribution in [2.45, 2.75) is 59.3 Å². The minimum Gasteiger partial charge on any atom is -0.295 e. The first kappa shape index (κ1) is 16.9. The topological polar surface area (TPSA) is 51.2 Å². The number of hydrogen-bond acceptors (Lipinski definition) is 3. The maximum absolute atomic E-state index is 12.2. The fraction of sp³-hybridized carbons (Fsp3) is 0.682. The summed E-state index contributed by atoms with van der Waals surface area (Å²) in [4.78, 5) is 35.3. The van der Waals surface area contributed by atoms with Crippen LogP contribution in [0.4, 0.5) is 0 Å². The Morgan fingerprint density at radius 1 is 1.12 bits per heavy atom. The van der Waals surface area contributed by atoms with E-state index in [4.69, 9.17) is 0 Å². The van der Waals surface area contributed by atoms with E-state index in [-0.39, 0.29) is 28.3 Å². The normalized spacial score (nSPS) is 45.6. The molecule has 3 fully saturated rings. The van der Waals surface area contributed by atoms with Gasteiger partial charge in [-0.2, -0.15) is 0 Å². The number of Topliss-reactive ketones (excluding diaryl/α,β-unsaturated/α-hetero) is 1. The number of allylic oxidation sites excluding steroid dienone is 4. The molecule has 0 heterocycles. The maximum Gasteiger partial charge on any atom is 0.198 e. The lowest BCUT2D eigenvalue weighted by molar-refractivity contribution is -0.137. The van der Waals surface area contributed by atoms with Gasteiger partial charge in [0.25, 0.3) is 0 Å². The van der Waals surface area contributed by atoms with Gasteiger partial charge < -0.3 is 0 Å². The van der Waals surface area contributed by atoms with Gasteiger partial charge >= 0.3 is 0 Å². The van der Waals surface area contributed by atoms with E-state index in [1.54, 1.807) is 0 Å². The molecule has 0 radical (unpaired) electrons. The third-order valence-electron chi connectivity index (χ3n) is 8.55. The summed E-state index contributed by atoms with van der Waals surface area (Å²) in [5.74, 6) is 1.56. The molecule has 0 saturated heterocycles. The summed E-state index contributed by atoms with van der Waals surface area (Å²) in [6.07, 6.45) is 10.4. The highest BCUT2D eigenvalue weighted by molar-refractivity contribution is 6.26. The number of hydrogen-bond donors (Lipinski definition) is 0. The fourth-order valence-corrected chi connectivity index (χ4v) is 7.12. The van der Waals surface area contributed by atoms with Crippen molar-refractivity contribution >= 4 is 17.9 Å². The second-order valence-electron chi connectivity index (χ2n) is 9.21. The predicted octanol–water partition coefficient (Wildman–Crippen LogP) is 4.07. The van der Waals surface area contributed by atoms with Gasteiger partial charge in [0.2, 0.25) is 0 Å². The van der Waals surface area contributed by atoms with Crippen molar-refractivity contribution in [3.05, 3.63) is 23.3 Å². The van der Waals surface area contributed by atoms with Gasteiger partial charge in [0, 0.05) is 11.3 Å². The molecule has 3 nitrogen and oxygen atoms in total. The summed E-state index contributed by atoms with van der Waals surface area (Å²) in [5, 5.41) is 0. The molecule has 0 unspecified atom stereocenters. The smallest absolute Gasteiger partial charge is 0.198 e. The number of carbonyl (C=O) groups excluding carboxylic acids is 3. The Morgan fingerprint density at radius 2 is 1.88 bits per heavy atom. The van der Waals surface area contributed by atoms with E-state index in [2.05, 4.69) is 20.8 Å². The summed E-state index contributed by atoms with van der Waals surface area (Å²) in [7, 11) is 0. The molecule has 0 amide bonds. The highest BCUT2D eigenvalue weighted by atomic mass is 16.2. The molecular weight excluding hydrogens is 312 g/mol. The van der Waals surface area contributed by atoms with Crippen LogP contribution in [0.25, 0.3) is 0 Å². The Balaban J connectivity index is 1.70. The minimum atomic E-state index is -0.189. The summed E-state index contributed by atoms with van der Waals surface area (Å²) in [6.45, 7) is 6.71. The van der Waals surface area contributed by atoms with Gasteiger partial charge in [-0.15, -0.1) is 0 Å². The second-order valence-corrected chi connectivity index (χ2v) is 9.21. The average molecular weight is 340 g/mol. The molecule has 0 N–H and O–H groups in total. The van der Waals surface area contributed by atoms with Crippen LogP contribution in [-0.2, 0) is 14.4 Å². The van der Waals surface area contributed by atoms with Gasteiger partial charge in [-0.1, -0.05) is 25.0 Å². The van der Waals surface area contributed by atoms with Crippen molar-refractivity contribution in [3.8, 4) is 0 Å². The molecule has 6 atom stereocenters. The summed E-state index contributed by atoms with van der Waals surface area (Å²) in [5.41, 5.74) is 2.52. The first-order chi connectivity index (χ1) is 11.8. The fourth-order valence-electron chi connectivity index (χ4n) is 7.12. The number of carbonyl (C=O) groups is 3. The number of ketones is 2. The molecule has 4 aliphatic carbocycles. The summed E-state index contributed by atoms with van der Waals surface area (Å²) < 4.78 is 0. The molecule has 3 heteroatoms. The Labute approximate surface area is 149 Å². The molecule has 0 aliphatic heterocycles. The van der Waals surface area contributed by atoms with Gasteiger partial charge in [0.05, 0.1) is 0 Å². The third kappa shape index (κ3) is 2.14. The number of aldehydes is 1. The van der Waals surface area contributed by atoms with Gasteiger partial charge in [-0.05, 0) is 80.8 Å². The first-order valence-corrected chi connectivity index (χ1v) is 9.75. The van der Waals surface area contributed by atoms with Crippen LogP contribution < -0.4 is 0 Å². The quantitative estimate of drug-likeness (QED) is 0.562. The highest BCUT2D eigenvalue weighted by Crippen LogP contribution is 2.66. The molecule has 134 valence electrons. The molecule has 0 aromatic heterocycles. The van der Waals surface area contributed by atoms with Crippen LogP contribution in [0.2, 0.25) is 0 Å². The van der Waals surface area contributed by atoms with Crippen LogP contribution >= 0.6 is 0 Å². The van der Waals surface area contributed by atoms with Crippen LogP contribution in [-0.4, -0.2) is 17.9 Å². The largest absolute Gasteiger partial charge is 0.295 e. The van der Waals surface area contributed by atoms with Gasteiger partial charge in [-0.3, -0.25) is 14.4 Å². The molecule has 0 aromatic carbocycles. The SMILES string of the molecule is CC1=CC(=O)C=C2CC[C@@H]3[C@H](CC[C@]4(C)[C@@H](C(=O)C=O)CC[C@@H]34)[C@@]12C. The highest BCUT2D eigenvalue weighted by Gasteiger charge is 2.60. The molecule has 4 rings (SSSR count). The molecule has 0 bridgehead atoms. The third-order valence-corrected chi connectivity index (χ3v) is 8.55. The zero-order valence-electron chi connectivity index (χ0n) is 15.5. The van der Waals surface area contributed by atoms with E-state index in [1.807, 2.05) is 12.2 Å². The van der Waals surface area contributed by atoms with Crippen molar-refractivity contribution in [1.82, 2.24) is 0 Å². The van der Waals surface area contributed by atoms with Crippen molar-refractivity contribution in [1.29, 1.82) is 0 Å². The van der Waals surface area contributed by atoms with Crippen LogP contribution in [0.15, 0.2) is 23.3 Å². The first-order valence-electron chi connectivity index (χ1n) is 9.75. The molecular formula is C22H28O3. The monoisotopic (exact) mass is 340 g/mol. The molecule has 0 aromatic rings. The van der Waals surface area contributed by atoms with Crippen molar-refractivity contribution in [2.24, 2.45) is 34.5 Å². The lowest BCUT2D eigenvalue weighted by Crippen LogP contribution is -2.51. The molecule has 25 heavy (non-hydrogen) atoms. The van der Waals surface area contributed by atoms with E-state index in [9.17, 15) is 14.4 Å². The van der Waals surface area contributed by atoms with Crippen molar-refractivity contribution in [3.63, 3.8) is 0 Å². The standard InChI is InChI=1S/C22H28O3/c1-13-10-15(24)11-14-4-5-16-17-6-7-19(20(25)12-23)21(17,2)9-8-18(16)22(13,14)3/h10-12,16-19H,4-9H2,1-3H3/t16-,17-,18-,19+,21-,22-/m0/s1. The van der Waals surface area contributed by atoms with E-state index < -0.39 is 0 Å². The van der Waals surface area contributed by atoms with Gasteiger partial charge in [-0.25, -0.2) is 0 Å². The van der Waals surface area contributed by atoms with Crippen LogP contribution in [0.3, 0.4) is 0 Å². The van der Waals surface area contributed by atoms with E-state index >= 15 is 0 Å². The molecule has 3 saturated carbocycles. The van der Waals surface area contributed by atoms with Crippen LogP contribution in [0.1, 0.15) is 59.3 Å². The Morgan fingerprint density at radius 3 is 2.60 bits per heavy atom. The van der Waals surface area contributed by atoms with Crippen LogP contribution in [0.5, 0.6) is 0 Å². The average Bonchev–Trinajstić information content (AvgIpc) is 2.93. The zero-order valence-corrected chi connectivity index (χ0v) is 15.5. The van der Waals surface area contributed by atoms with Crippen LogP contribution in [0, 0.1) is 34.5 Å². The van der Waals surface area contributed by atoms with E-state index in [1.165, 1.54) is 11.1 Å². The lowest BCUT2D eigenvalue weighted by Gasteiger charge is -2.58. The lowest BCUT2D eigenvalue weighted by atomic mass is 9.46. The summed E-state index contributed by atoms with van der Waals surface area (Å²) >= 11 is 0. The Kier molecular flexibility index (Phi) is 3.72. The molecule has 4 aliphatic rings. The predicted molar refractivity (Wildman–Crippen MR) is 95.8 cm³/mol.